The van der Waals surface area contributed by atoms with E-state index in [-0.39, 0.29) is 17.4 Å². The second kappa shape index (κ2) is 7.93. The van der Waals surface area contributed by atoms with Gasteiger partial charge >= 0.3 is 0 Å². The molecule has 0 spiro atoms. The average Bonchev–Trinajstić information content (AvgIpc) is 3.35. The van der Waals surface area contributed by atoms with Crippen molar-refractivity contribution in [2.75, 3.05) is 17.2 Å². The minimum absolute atomic E-state index is 0.0105. The lowest BCUT2D eigenvalue weighted by Gasteiger charge is -2.15. The highest BCUT2D eigenvalue weighted by Crippen LogP contribution is 2.24. The number of hydrogen-bond donors (Lipinski definition) is 0. The first-order valence-electron chi connectivity index (χ1n) is 9.04. The number of aryl methyl sites for hydroxylation is 1. The first-order chi connectivity index (χ1) is 13.6. The molecule has 1 aliphatic rings. The van der Waals surface area contributed by atoms with Gasteiger partial charge in [-0.25, -0.2) is 0 Å². The van der Waals surface area contributed by atoms with Gasteiger partial charge in [-0.3, -0.25) is 9.59 Å². The first kappa shape index (κ1) is 18.4. The number of hydrogen-bond acceptors (Lipinski definition) is 6. The molecule has 0 unspecified atom stereocenters. The van der Waals surface area contributed by atoms with E-state index in [1.54, 1.807) is 21.7 Å². The number of nitrogens with zero attached hydrogens (tertiary/aromatic N) is 5. The highest BCUT2D eigenvalue weighted by molar-refractivity contribution is 7.99. The lowest BCUT2D eigenvalue weighted by molar-refractivity contribution is -0.117. The number of Topliss-reactive ketones (excluding diaryl/α,β-unsaturated/α-hetero) is 1. The van der Waals surface area contributed by atoms with E-state index in [1.807, 2.05) is 43.3 Å². The van der Waals surface area contributed by atoms with E-state index in [1.165, 1.54) is 11.8 Å². The molecule has 0 saturated carbocycles. The molecule has 7 nitrogen and oxygen atoms in total. The summed E-state index contributed by atoms with van der Waals surface area (Å²) in [4.78, 5) is 26.2. The van der Waals surface area contributed by atoms with Crippen LogP contribution in [0.5, 0.6) is 0 Å². The summed E-state index contributed by atoms with van der Waals surface area (Å²) in [5.74, 6) is 0.357. The zero-order valence-corrected chi connectivity index (χ0v) is 16.2. The molecule has 3 aromatic rings. The Kier molecular flexibility index (Phi) is 5.21. The van der Waals surface area contributed by atoms with Crippen LogP contribution in [-0.2, 0) is 4.79 Å². The van der Waals surface area contributed by atoms with Crippen LogP contribution in [0.15, 0.2) is 53.7 Å². The van der Waals surface area contributed by atoms with Gasteiger partial charge in [-0.2, -0.15) is 4.68 Å². The molecule has 2 heterocycles. The molecule has 1 saturated heterocycles. The van der Waals surface area contributed by atoms with Gasteiger partial charge in [-0.1, -0.05) is 30.0 Å². The zero-order chi connectivity index (χ0) is 19.5. The fraction of sp³-hybridized carbons (Fsp3) is 0.250. The van der Waals surface area contributed by atoms with Crippen molar-refractivity contribution in [2.24, 2.45) is 0 Å². The number of rotatable bonds is 6. The molecule has 1 amide bonds. The quantitative estimate of drug-likeness (QED) is 0.473. The van der Waals surface area contributed by atoms with Gasteiger partial charge < -0.3 is 4.90 Å². The third-order valence-corrected chi connectivity index (χ3v) is 5.61. The van der Waals surface area contributed by atoms with Crippen LogP contribution in [0.2, 0.25) is 0 Å². The number of para-hydroxylation sites is 1. The van der Waals surface area contributed by atoms with Gasteiger partial charge in [-0.05, 0) is 59.7 Å². The summed E-state index contributed by atoms with van der Waals surface area (Å²) >= 11 is 1.30. The summed E-state index contributed by atoms with van der Waals surface area (Å²) in [6, 6.07) is 15.0. The molecular formula is C20H19N5O2S. The Morgan fingerprint density at radius 2 is 1.93 bits per heavy atom. The Morgan fingerprint density at radius 1 is 1.14 bits per heavy atom. The van der Waals surface area contributed by atoms with Gasteiger partial charge in [0.25, 0.3) is 0 Å². The summed E-state index contributed by atoms with van der Waals surface area (Å²) in [5.41, 5.74) is 3.39. The van der Waals surface area contributed by atoms with E-state index in [2.05, 4.69) is 15.5 Å². The van der Waals surface area contributed by atoms with Crippen LogP contribution in [0.3, 0.4) is 0 Å². The van der Waals surface area contributed by atoms with Crippen molar-refractivity contribution in [3.63, 3.8) is 0 Å². The molecule has 1 aliphatic heterocycles. The SMILES string of the molecule is Cc1ccccc1-n1nnnc1SCC(=O)c1ccc(N2CCCC2=O)cc1. The predicted octanol–water partition coefficient (Wildman–Crippen LogP) is 3.07. The van der Waals surface area contributed by atoms with Crippen molar-refractivity contribution < 1.29 is 9.59 Å². The van der Waals surface area contributed by atoms with E-state index in [0.29, 0.717) is 17.1 Å². The largest absolute Gasteiger partial charge is 0.312 e. The molecule has 1 aromatic heterocycles. The van der Waals surface area contributed by atoms with Crippen LogP contribution >= 0.6 is 11.8 Å². The lowest BCUT2D eigenvalue weighted by Crippen LogP contribution is -2.23. The first-order valence-corrected chi connectivity index (χ1v) is 10.0. The van der Waals surface area contributed by atoms with Gasteiger partial charge in [0, 0.05) is 24.2 Å². The number of benzene rings is 2. The van der Waals surface area contributed by atoms with Crippen molar-refractivity contribution in [3.05, 3.63) is 59.7 Å². The maximum atomic E-state index is 12.6. The van der Waals surface area contributed by atoms with Crippen molar-refractivity contribution >= 4 is 29.1 Å². The number of tetrazole rings is 1. The maximum Gasteiger partial charge on any atom is 0.227 e. The van der Waals surface area contributed by atoms with Crippen LogP contribution in [0.1, 0.15) is 28.8 Å². The fourth-order valence-electron chi connectivity index (χ4n) is 3.18. The van der Waals surface area contributed by atoms with Crippen LogP contribution in [0, 0.1) is 6.92 Å². The van der Waals surface area contributed by atoms with Crippen molar-refractivity contribution in [3.8, 4) is 5.69 Å². The second-order valence-electron chi connectivity index (χ2n) is 6.57. The van der Waals surface area contributed by atoms with E-state index in [4.69, 9.17) is 0 Å². The number of aromatic nitrogens is 4. The van der Waals surface area contributed by atoms with E-state index >= 15 is 0 Å². The van der Waals surface area contributed by atoms with Gasteiger partial charge in [0.05, 0.1) is 11.4 Å². The van der Waals surface area contributed by atoms with E-state index < -0.39 is 0 Å². The second-order valence-corrected chi connectivity index (χ2v) is 7.51. The Labute approximate surface area is 166 Å². The van der Waals surface area contributed by atoms with Crippen LogP contribution in [0.4, 0.5) is 5.69 Å². The molecule has 2 aromatic carbocycles. The number of carbonyl (C=O) groups is 2. The molecule has 1 fully saturated rings. The number of thioether (sulfide) groups is 1. The highest BCUT2D eigenvalue weighted by Gasteiger charge is 2.22. The van der Waals surface area contributed by atoms with Crippen LogP contribution in [0.25, 0.3) is 5.69 Å². The standard InChI is InChI=1S/C20H19N5O2S/c1-14-5-2-3-6-17(14)25-20(21-22-23-25)28-13-18(26)15-8-10-16(11-9-15)24-12-4-7-19(24)27/h2-3,5-6,8-11H,4,7,12-13H2,1H3. The minimum atomic E-state index is -0.0105. The van der Waals surface area contributed by atoms with Crippen molar-refractivity contribution in [1.82, 2.24) is 20.2 Å². The number of amides is 1. The molecule has 142 valence electrons. The van der Waals surface area contributed by atoms with Crippen molar-refractivity contribution in [1.29, 1.82) is 0 Å². The molecule has 0 N–H and O–H groups in total. The molecule has 8 heteroatoms. The highest BCUT2D eigenvalue weighted by atomic mass is 32.2. The van der Waals surface area contributed by atoms with Crippen LogP contribution in [-0.4, -0.2) is 44.2 Å². The molecule has 4 rings (SSSR count). The predicted molar refractivity (Wildman–Crippen MR) is 107 cm³/mol. The normalized spacial score (nSPS) is 13.9. The molecule has 0 atom stereocenters. The van der Waals surface area contributed by atoms with E-state index in [9.17, 15) is 9.59 Å². The van der Waals surface area contributed by atoms with Gasteiger partial charge in [0.15, 0.2) is 5.78 Å². The van der Waals surface area contributed by atoms with Crippen molar-refractivity contribution in [2.45, 2.75) is 24.9 Å². The van der Waals surface area contributed by atoms with Gasteiger partial charge in [0.2, 0.25) is 11.1 Å². The smallest absolute Gasteiger partial charge is 0.227 e. The number of ketones is 1. The average molecular weight is 393 g/mol. The minimum Gasteiger partial charge on any atom is -0.312 e. The topological polar surface area (TPSA) is 81.0 Å². The third kappa shape index (κ3) is 3.68. The molecule has 0 radical (unpaired) electrons. The number of anilines is 1. The number of carbonyl (C=O) groups excluding carboxylic acids is 2. The summed E-state index contributed by atoms with van der Waals surface area (Å²) < 4.78 is 1.65. The lowest BCUT2D eigenvalue weighted by atomic mass is 10.1. The van der Waals surface area contributed by atoms with Gasteiger partial charge in [0.1, 0.15) is 0 Å². The summed E-state index contributed by atoms with van der Waals surface area (Å²) in [6.07, 6.45) is 1.47. The van der Waals surface area contributed by atoms with E-state index in [0.717, 1.165) is 29.9 Å². The summed E-state index contributed by atoms with van der Waals surface area (Å²) in [6.45, 7) is 2.73. The summed E-state index contributed by atoms with van der Waals surface area (Å²) in [7, 11) is 0. The Hall–Kier alpha value is -3.00. The maximum absolute atomic E-state index is 12.6. The molecule has 0 aliphatic carbocycles. The monoisotopic (exact) mass is 393 g/mol. The third-order valence-electron chi connectivity index (χ3n) is 4.69. The summed E-state index contributed by atoms with van der Waals surface area (Å²) in [5, 5.41) is 12.4. The van der Waals surface area contributed by atoms with Crippen LogP contribution < -0.4 is 4.90 Å². The molecule has 0 bridgehead atoms. The Morgan fingerprint density at radius 3 is 2.64 bits per heavy atom. The fourth-order valence-corrected chi connectivity index (χ4v) is 3.96. The Bertz CT molecular complexity index is 1020. The molecule has 28 heavy (non-hydrogen) atoms. The Balaban J connectivity index is 1.44. The van der Waals surface area contributed by atoms with Gasteiger partial charge in [-0.15, -0.1) is 5.10 Å². The zero-order valence-electron chi connectivity index (χ0n) is 15.4. The molecular weight excluding hydrogens is 374 g/mol.